The summed E-state index contributed by atoms with van der Waals surface area (Å²) in [4.78, 5) is 133. The lowest BCUT2D eigenvalue weighted by Gasteiger charge is -2.44. The molecule has 2 aliphatic rings. The zero-order valence-corrected chi connectivity index (χ0v) is 39.7. The average molecular weight is 883 g/mol. The van der Waals surface area contributed by atoms with Gasteiger partial charge in [0, 0.05) is 88.6 Å². The van der Waals surface area contributed by atoms with Gasteiger partial charge in [-0.1, -0.05) is 0 Å². The molecule has 0 radical (unpaired) electrons. The van der Waals surface area contributed by atoms with Crippen molar-refractivity contribution in [3.8, 4) is 0 Å². The molecule has 0 aromatic heterocycles. The predicted molar refractivity (Wildman–Crippen MR) is 231 cm³/mol. The highest BCUT2D eigenvalue weighted by atomic mass is 16.2. The number of carbonyl (C=O) groups is 8. The standard InChI is InChI=1S/C38H74N16O8/c1-15-40(8)31(55)30(7)39-21-49-27-50(33(57)42(10)17-3)22-44(12)35(59)48(20-6)26-54-29-52(38(49)62)24-46(14)37(61)53(25-47(19-5)32(56)41(9)16-2)28-51(23-45(13)36(54)60)34(58)43(11)18-4/h30,39H,15-29H2,1-14H3. The molecular formula is C38H74N16O8. The van der Waals surface area contributed by atoms with Gasteiger partial charge in [0.25, 0.3) is 0 Å². The van der Waals surface area contributed by atoms with Crippen LogP contribution in [-0.4, -0.2) is 276 Å². The first-order valence-electron chi connectivity index (χ1n) is 21.1. The highest BCUT2D eigenvalue weighted by Gasteiger charge is 2.37. The average Bonchev–Trinajstić information content (AvgIpc) is 3.27. The van der Waals surface area contributed by atoms with Crippen LogP contribution in [0.1, 0.15) is 48.5 Å². The SMILES string of the molecule is CCN(C)C(=O)C(C)NCN1CN(C(=O)N(C)CC)CN(C)C(=O)N(CC)CN2CN(CN(C)C(=O)N(CN(CC)C(=O)N(C)CC)CN(C(=O)N(C)CC)CN(C)C2=O)C1=O. The van der Waals surface area contributed by atoms with Gasteiger partial charge in [0.15, 0.2) is 0 Å². The zero-order chi connectivity index (χ0) is 47.2. The molecule has 24 heteroatoms. The van der Waals surface area contributed by atoms with Gasteiger partial charge in [-0.05, 0) is 48.5 Å². The summed E-state index contributed by atoms with van der Waals surface area (Å²) in [5.41, 5.74) is 0. The minimum Gasteiger partial charge on any atom is -0.345 e. The van der Waals surface area contributed by atoms with Gasteiger partial charge in [-0.2, -0.15) is 0 Å². The van der Waals surface area contributed by atoms with Gasteiger partial charge in [0.1, 0.15) is 53.3 Å². The summed E-state index contributed by atoms with van der Waals surface area (Å²) in [6, 6.07) is -4.59. The summed E-state index contributed by atoms with van der Waals surface area (Å²) in [6.07, 6.45) is 0. The fourth-order valence-corrected chi connectivity index (χ4v) is 6.45. The summed E-state index contributed by atoms with van der Waals surface area (Å²) in [6.45, 7) is 11.2. The van der Waals surface area contributed by atoms with Crippen LogP contribution in [0.5, 0.6) is 0 Å². The first-order valence-corrected chi connectivity index (χ1v) is 21.1. The molecule has 2 heterocycles. The Hall–Kier alpha value is -5.68. The highest BCUT2D eigenvalue weighted by Crippen LogP contribution is 2.16. The second-order valence-electron chi connectivity index (χ2n) is 15.6. The van der Waals surface area contributed by atoms with Crippen molar-refractivity contribution < 1.29 is 38.4 Å². The zero-order valence-electron chi connectivity index (χ0n) is 39.7. The van der Waals surface area contributed by atoms with Crippen LogP contribution in [0.15, 0.2) is 0 Å². The largest absolute Gasteiger partial charge is 0.345 e. The van der Waals surface area contributed by atoms with Crippen molar-refractivity contribution in [1.29, 1.82) is 0 Å². The van der Waals surface area contributed by atoms with E-state index in [9.17, 15) is 33.6 Å². The van der Waals surface area contributed by atoms with Crippen LogP contribution >= 0.6 is 0 Å². The van der Waals surface area contributed by atoms with E-state index in [2.05, 4.69) is 5.32 Å². The van der Waals surface area contributed by atoms with E-state index in [1.807, 2.05) is 13.8 Å². The minimum absolute atomic E-state index is 0.140. The Balaban J connectivity index is 2.90. The molecule has 0 aromatic rings. The van der Waals surface area contributed by atoms with E-state index < -0.39 is 55.6 Å². The minimum atomic E-state index is -0.761. The summed E-state index contributed by atoms with van der Waals surface area (Å²) in [5.74, 6) is -0.239. The monoisotopic (exact) mass is 883 g/mol. The van der Waals surface area contributed by atoms with Crippen LogP contribution in [0.2, 0.25) is 0 Å². The topological polar surface area (TPSA) is 197 Å². The summed E-state index contributed by atoms with van der Waals surface area (Å²) >= 11 is 0. The number of fused-ring (bicyclic) bond motifs is 2. The van der Waals surface area contributed by atoms with Crippen molar-refractivity contribution in [2.24, 2.45) is 0 Å². The number of rotatable bonds is 12. The Morgan fingerprint density at radius 2 is 0.984 bits per heavy atom. The lowest BCUT2D eigenvalue weighted by Crippen LogP contribution is -2.64. The molecule has 24 nitrogen and oxygen atoms in total. The molecule has 0 saturated carbocycles. The molecule has 62 heavy (non-hydrogen) atoms. The molecule has 15 amide bonds. The number of likely N-dealkylation sites (N-methyl/N-ethyl adjacent to an activating group) is 1. The van der Waals surface area contributed by atoms with E-state index in [0.717, 1.165) is 0 Å². The number of urea groups is 7. The van der Waals surface area contributed by atoms with Crippen LogP contribution in [0.25, 0.3) is 0 Å². The van der Waals surface area contributed by atoms with Crippen molar-refractivity contribution in [2.75, 3.05) is 149 Å². The molecule has 1 atom stereocenters. The molecule has 0 aliphatic carbocycles. The summed E-state index contributed by atoms with van der Waals surface area (Å²) < 4.78 is 0. The van der Waals surface area contributed by atoms with Crippen LogP contribution < -0.4 is 5.32 Å². The second kappa shape index (κ2) is 24.1. The first kappa shape index (κ1) is 52.5. The van der Waals surface area contributed by atoms with E-state index >= 15 is 4.79 Å². The summed E-state index contributed by atoms with van der Waals surface area (Å²) in [5, 5.41) is 3.10. The van der Waals surface area contributed by atoms with Gasteiger partial charge in [-0.25, -0.2) is 33.6 Å². The van der Waals surface area contributed by atoms with E-state index in [4.69, 9.17) is 0 Å². The molecular weight excluding hydrogens is 809 g/mol. The summed E-state index contributed by atoms with van der Waals surface area (Å²) in [7, 11) is 10.9. The van der Waals surface area contributed by atoms with Crippen molar-refractivity contribution >= 4 is 48.1 Å². The quantitative estimate of drug-likeness (QED) is 0.298. The molecule has 1 unspecified atom stereocenters. The lowest BCUT2D eigenvalue weighted by atomic mass is 10.3. The molecule has 0 aromatic carbocycles. The third kappa shape index (κ3) is 13.4. The lowest BCUT2D eigenvalue weighted by molar-refractivity contribution is -0.131. The number of hydrogen-bond donors (Lipinski definition) is 1. The maximum Gasteiger partial charge on any atom is 0.325 e. The fourth-order valence-electron chi connectivity index (χ4n) is 6.45. The normalized spacial score (nSPS) is 17.0. The Bertz CT molecular complexity index is 1570. The van der Waals surface area contributed by atoms with Gasteiger partial charge in [0.05, 0.1) is 12.7 Å². The first-order chi connectivity index (χ1) is 29.1. The van der Waals surface area contributed by atoms with Crippen molar-refractivity contribution in [2.45, 2.75) is 54.5 Å². The maximum absolute atomic E-state index is 15.1. The van der Waals surface area contributed by atoms with Gasteiger partial charge in [-0.3, -0.25) is 39.5 Å². The van der Waals surface area contributed by atoms with Gasteiger partial charge in [-0.15, -0.1) is 0 Å². The Morgan fingerprint density at radius 3 is 1.47 bits per heavy atom. The molecule has 2 saturated heterocycles. The third-order valence-electron chi connectivity index (χ3n) is 11.0. The Kier molecular flexibility index (Phi) is 20.4. The van der Waals surface area contributed by atoms with Crippen molar-refractivity contribution in [3.05, 3.63) is 0 Å². The molecule has 2 bridgehead atoms. The molecule has 0 spiro atoms. The van der Waals surface area contributed by atoms with Crippen molar-refractivity contribution in [3.63, 3.8) is 0 Å². The van der Waals surface area contributed by atoms with Gasteiger partial charge >= 0.3 is 42.2 Å². The molecule has 1 N–H and O–H groups in total. The maximum atomic E-state index is 15.1. The van der Waals surface area contributed by atoms with E-state index in [1.54, 1.807) is 62.8 Å². The Labute approximate surface area is 367 Å². The van der Waals surface area contributed by atoms with Crippen LogP contribution in [0, 0.1) is 0 Å². The van der Waals surface area contributed by atoms with Gasteiger partial charge in [0.2, 0.25) is 5.91 Å². The number of nitrogens with one attached hydrogen (secondary N) is 1. The van der Waals surface area contributed by atoms with E-state index in [0.29, 0.717) is 26.2 Å². The van der Waals surface area contributed by atoms with E-state index in [-0.39, 0.29) is 71.7 Å². The van der Waals surface area contributed by atoms with Crippen LogP contribution in [0.3, 0.4) is 0 Å². The smallest absolute Gasteiger partial charge is 0.325 e. The number of hydrogen-bond acceptors (Lipinski definition) is 9. The number of nitrogens with zero attached hydrogens (tertiary/aromatic N) is 15. The van der Waals surface area contributed by atoms with Gasteiger partial charge < -0.3 is 44.1 Å². The third-order valence-corrected chi connectivity index (χ3v) is 11.0. The molecule has 354 valence electrons. The Morgan fingerprint density at radius 1 is 0.532 bits per heavy atom. The van der Waals surface area contributed by atoms with Crippen LogP contribution in [-0.2, 0) is 4.79 Å². The number of amides is 15. The number of carbonyl (C=O) groups excluding carboxylic acids is 8. The molecule has 2 rings (SSSR count). The van der Waals surface area contributed by atoms with Crippen LogP contribution in [0.4, 0.5) is 33.6 Å². The molecule has 2 aliphatic heterocycles. The fraction of sp³-hybridized carbons (Fsp3) is 0.789. The predicted octanol–water partition coefficient (Wildman–Crippen LogP) is 1.03. The molecule has 2 fully saturated rings. The second-order valence-corrected chi connectivity index (χ2v) is 15.6. The van der Waals surface area contributed by atoms with Crippen molar-refractivity contribution in [1.82, 2.24) is 78.8 Å². The highest BCUT2D eigenvalue weighted by molar-refractivity contribution is 5.83. The van der Waals surface area contributed by atoms with E-state index in [1.165, 1.54) is 94.6 Å².